The fourth-order valence-electron chi connectivity index (χ4n) is 3.06. The number of aryl methyl sites for hydroxylation is 2. The van der Waals surface area contributed by atoms with Gasteiger partial charge in [-0.15, -0.1) is 0 Å². The molecule has 0 aliphatic heterocycles. The third kappa shape index (κ3) is 2.34. The van der Waals surface area contributed by atoms with E-state index < -0.39 is 6.10 Å². The van der Waals surface area contributed by atoms with E-state index in [0.717, 1.165) is 30.5 Å². The summed E-state index contributed by atoms with van der Waals surface area (Å²) in [6, 6.07) is 8.85. The lowest BCUT2D eigenvalue weighted by Gasteiger charge is -2.28. The van der Waals surface area contributed by atoms with Crippen LogP contribution in [0.2, 0.25) is 0 Å². The molecule has 1 heterocycles. The van der Waals surface area contributed by atoms with E-state index in [1.807, 2.05) is 19.1 Å². The van der Waals surface area contributed by atoms with Crippen LogP contribution in [0, 0.1) is 12.7 Å². The van der Waals surface area contributed by atoms with Gasteiger partial charge in [0.1, 0.15) is 5.82 Å². The molecule has 0 radical (unpaired) electrons. The van der Waals surface area contributed by atoms with Crippen molar-refractivity contribution in [1.82, 2.24) is 4.98 Å². The van der Waals surface area contributed by atoms with Crippen molar-refractivity contribution in [3.05, 3.63) is 64.7 Å². The Bertz CT molecular complexity index is 626. The maximum atomic E-state index is 14.0. The summed E-state index contributed by atoms with van der Waals surface area (Å²) in [5.74, 6) is -0.456. The summed E-state index contributed by atoms with van der Waals surface area (Å²) >= 11 is 0. The zero-order valence-corrected chi connectivity index (χ0v) is 11.5. The van der Waals surface area contributed by atoms with Crippen LogP contribution in [0.4, 0.5) is 4.39 Å². The smallest absolute Gasteiger partial charge is 0.129 e. The maximum absolute atomic E-state index is 14.0. The topological polar surface area (TPSA) is 33.1 Å². The summed E-state index contributed by atoms with van der Waals surface area (Å²) in [7, 11) is 0. The molecule has 0 saturated heterocycles. The van der Waals surface area contributed by atoms with Crippen LogP contribution >= 0.6 is 0 Å². The number of halogens is 1. The van der Waals surface area contributed by atoms with Gasteiger partial charge in [0.05, 0.1) is 6.10 Å². The minimum Gasteiger partial charge on any atom is -0.388 e. The van der Waals surface area contributed by atoms with E-state index in [1.165, 1.54) is 11.6 Å². The molecule has 2 aromatic rings. The average molecular weight is 271 g/mol. The van der Waals surface area contributed by atoms with Crippen molar-refractivity contribution in [2.24, 2.45) is 0 Å². The molecule has 1 aromatic heterocycles. The van der Waals surface area contributed by atoms with Gasteiger partial charge in [-0.1, -0.05) is 23.8 Å². The highest BCUT2D eigenvalue weighted by Crippen LogP contribution is 2.39. The molecule has 3 rings (SSSR count). The van der Waals surface area contributed by atoms with Crippen molar-refractivity contribution in [2.45, 2.75) is 38.2 Å². The quantitative estimate of drug-likeness (QED) is 0.903. The number of aliphatic hydroxyl groups is 1. The summed E-state index contributed by atoms with van der Waals surface area (Å²) in [6.45, 7) is 1.91. The molecule has 0 fully saturated rings. The van der Waals surface area contributed by atoms with Crippen LogP contribution in [0.3, 0.4) is 0 Å². The van der Waals surface area contributed by atoms with E-state index in [1.54, 1.807) is 18.3 Å². The number of nitrogens with zero attached hydrogens (tertiary/aromatic N) is 1. The van der Waals surface area contributed by atoms with Gasteiger partial charge in [-0.3, -0.25) is 4.98 Å². The van der Waals surface area contributed by atoms with Crippen molar-refractivity contribution in [2.75, 3.05) is 0 Å². The van der Waals surface area contributed by atoms with E-state index in [-0.39, 0.29) is 11.7 Å². The number of hydrogen-bond acceptors (Lipinski definition) is 2. The highest BCUT2D eigenvalue weighted by atomic mass is 19.1. The predicted molar refractivity (Wildman–Crippen MR) is 76.0 cm³/mol. The number of rotatable bonds is 2. The SMILES string of the molecule is Cc1ccc(F)c(C(O)C2CCCc3cccnc32)c1. The van der Waals surface area contributed by atoms with E-state index >= 15 is 0 Å². The highest BCUT2D eigenvalue weighted by molar-refractivity contribution is 5.32. The van der Waals surface area contributed by atoms with E-state index in [9.17, 15) is 9.50 Å². The van der Waals surface area contributed by atoms with Crippen LogP contribution in [0.1, 0.15) is 47.2 Å². The molecule has 1 N–H and O–H groups in total. The third-order valence-electron chi connectivity index (χ3n) is 4.09. The lowest BCUT2D eigenvalue weighted by atomic mass is 9.81. The molecule has 1 aliphatic carbocycles. The number of aromatic nitrogens is 1. The lowest BCUT2D eigenvalue weighted by Crippen LogP contribution is -2.19. The van der Waals surface area contributed by atoms with Crippen LogP contribution in [-0.2, 0) is 6.42 Å². The Morgan fingerprint density at radius 2 is 2.20 bits per heavy atom. The number of fused-ring (bicyclic) bond motifs is 1. The fraction of sp³-hybridized carbons (Fsp3) is 0.353. The second-order valence-corrected chi connectivity index (χ2v) is 5.52. The van der Waals surface area contributed by atoms with Crippen molar-refractivity contribution < 1.29 is 9.50 Å². The molecule has 20 heavy (non-hydrogen) atoms. The van der Waals surface area contributed by atoms with Crippen molar-refractivity contribution >= 4 is 0 Å². The first-order valence-electron chi connectivity index (χ1n) is 7.04. The predicted octanol–water partition coefficient (Wildman–Crippen LogP) is 3.68. The Morgan fingerprint density at radius 1 is 1.35 bits per heavy atom. The molecule has 0 bridgehead atoms. The summed E-state index contributed by atoms with van der Waals surface area (Å²) in [4.78, 5) is 4.42. The zero-order chi connectivity index (χ0) is 14.1. The van der Waals surface area contributed by atoms with Gasteiger partial charge in [0.2, 0.25) is 0 Å². The Hall–Kier alpha value is -1.74. The Labute approximate surface area is 118 Å². The van der Waals surface area contributed by atoms with Crippen LogP contribution in [0.25, 0.3) is 0 Å². The standard InChI is InChI=1S/C17H18FNO/c1-11-7-8-15(18)14(10-11)17(20)13-6-2-4-12-5-3-9-19-16(12)13/h3,5,7-10,13,17,20H,2,4,6H2,1H3. The Morgan fingerprint density at radius 3 is 3.05 bits per heavy atom. The van der Waals surface area contributed by atoms with Gasteiger partial charge < -0.3 is 5.11 Å². The number of aliphatic hydroxyl groups excluding tert-OH is 1. The lowest BCUT2D eigenvalue weighted by molar-refractivity contribution is 0.130. The van der Waals surface area contributed by atoms with Crippen molar-refractivity contribution in [3.63, 3.8) is 0 Å². The van der Waals surface area contributed by atoms with Gasteiger partial charge in [-0.2, -0.15) is 0 Å². The van der Waals surface area contributed by atoms with E-state index in [4.69, 9.17) is 0 Å². The molecule has 104 valence electrons. The molecule has 1 aromatic carbocycles. The summed E-state index contributed by atoms with van der Waals surface area (Å²) < 4.78 is 14.0. The molecule has 3 heteroatoms. The first-order valence-corrected chi connectivity index (χ1v) is 7.04. The second kappa shape index (κ2) is 5.33. The zero-order valence-electron chi connectivity index (χ0n) is 11.5. The van der Waals surface area contributed by atoms with Crippen molar-refractivity contribution in [1.29, 1.82) is 0 Å². The van der Waals surface area contributed by atoms with Gasteiger partial charge >= 0.3 is 0 Å². The van der Waals surface area contributed by atoms with Gasteiger partial charge in [0, 0.05) is 23.4 Å². The molecule has 1 aliphatic rings. The molecular weight excluding hydrogens is 253 g/mol. The summed E-state index contributed by atoms with van der Waals surface area (Å²) in [5.41, 5.74) is 3.44. The average Bonchev–Trinajstić information content (AvgIpc) is 2.48. The summed E-state index contributed by atoms with van der Waals surface area (Å²) in [5, 5.41) is 10.6. The first-order chi connectivity index (χ1) is 9.66. The van der Waals surface area contributed by atoms with Gasteiger partial charge in [-0.25, -0.2) is 4.39 Å². The molecule has 2 atom stereocenters. The number of hydrogen-bond donors (Lipinski definition) is 1. The third-order valence-corrected chi connectivity index (χ3v) is 4.09. The highest BCUT2D eigenvalue weighted by Gasteiger charge is 2.30. The van der Waals surface area contributed by atoms with E-state index in [0.29, 0.717) is 5.56 Å². The normalized spacial score (nSPS) is 19.4. The fourth-order valence-corrected chi connectivity index (χ4v) is 3.06. The number of benzene rings is 1. The van der Waals surface area contributed by atoms with Crippen LogP contribution in [0.5, 0.6) is 0 Å². The molecule has 0 amide bonds. The minimum atomic E-state index is -0.830. The van der Waals surface area contributed by atoms with Crippen LogP contribution < -0.4 is 0 Å². The monoisotopic (exact) mass is 271 g/mol. The molecular formula is C17H18FNO. The molecule has 0 saturated carbocycles. The van der Waals surface area contributed by atoms with Gasteiger partial charge in [0.25, 0.3) is 0 Å². The Kier molecular flexibility index (Phi) is 3.53. The largest absolute Gasteiger partial charge is 0.388 e. The van der Waals surface area contributed by atoms with Crippen LogP contribution in [-0.4, -0.2) is 10.1 Å². The summed E-state index contributed by atoms with van der Waals surface area (Å²) in [6.07, 6.45) is 3.76. The van der Waals surface area contributed by atoms with Gasteiger partial charge in [0.15, 0.2) is 0 Å². The van der Waals surface area contributed by atoms with Crippen LogP contribution in [0.15, 0.2) is 36.5 Å². The van der Waals surface area contributed by atoms with Gasteiger partial charge in [-0.05, 0) is 43.9 Å². The molecule has 2 unspecified atom stereocenters. The molecule has 2 nitrogen and oxygen atoms in total. The molecule has 0 spiro atoms. The Balaban J connectivity index is 1.99. The van der Waals surface area contributed by atoms with Crippen molar-refractivity contribution in [3.8, 4) is 0 Å². The number of pyridine rings is 1. The first kappa shape index (κ1) is 13.3. The maximum Gasteiger partial charge on any atom is 0.129 e. The van der Waals surface area contributed by atoms with E-state index in [2.05, 4.69) is 4.98 Å². The second-order valence-electron chi connectivity index (χ2n) is 5.52. The minimum absolute atomic E-state index is 0.115.